The van der Waals surface area contributed by atoms with E-state index in [2.05, 4.69) is 20.0 Å². The van der Waals surface area contributed by atoms with Gasteiger partial charge in [0.15, 0.2) is 11.6 Å². The number of methoxy groups -OCH3 is 1. The molecule has 0 saturated heterocycles. The summed E-state index contributed by atoms with van der Waals surface area (Å²) in [6, 6.07) is 12.8. The molecule has 1 fully saturated rings. The standard InChI is InChI=1S/C23H28N4O4S.K/c1-31-17-12-11-16(13-14-28)21(15-17)26-22-23(25-20-10-6-5-9-19(20)24-22)27-32(29,30)18-7-3-2-4-8-18;/h5-6,9-12,15,18,28H,2-4,7-8,13-14H2,1H3,(H,24,26)(H,25,27);. The van der Waals surface area contributed by atoms with Gasteiger partial charge in [0, 0.05) is 69.7 Å². The van der Waals surface area contributed by atoms with Gasteiger partial charge in [0.05, 0.1) is 23.4 Å². The second kappa shape index (κ2) is 11.9. The Morgan fingerprint density at radius 2 is 1.70 bits per heavy atom. The van der Waals surface area contributed by atoms with Gasteiger partial charge in [-0.05, 0) is 43.0 Å². The third-order valence-electron chi connectivity index (χ3n) is 5.75. The van der Waals surface area contributed by atoms with Crippen LogP contribution in [0.2, 0.25) is 0 Å². The molecule has 0 amide bonds. The van der Waals surface area contributed by atoms with E-state index in [4.69, 9.17) is 4.74 Å². The fraction of sp³-hybridized carbons (Fsp3) is 0.391. The third-order valence-corrected chi connectivity index (χ3v) is 7.58. The molecule has 0 atom stereocenters. The number of ether oxygens (including phenoxy) is 1. The zero-order valence-electron chi connectivity index (χ0n) is 19.0. The smallest absolute Gasteiger partial charge is 0.236 e. The summed E-state index contributed by atoms with van der Waals surface area (Å²) in [7, 11) is -2.04. The summed E-state index contributed by atoms with van der Waals surface area (Å²) >= 11 is 0. The molecule has 1 heterocycles. The number of hydrogen-bond acceptors (Lipinski definition) is 7. The molecule has 1 aliphatic rings. The summed E-state index contributed by atoms with van der Waals surface area (Å²) < 4.78 is 34.3. The molecular formula is C23H28KN4O4S. The Labute approximate surface area is 237 Å². The van der Waals surface area contributed by atoms with Crippen molar-refractivity contribution in [2.75, 3.05) is 23.8 Å². The average molecular weight is 496 g/mol. The molecule has 1 aromatic heterocycles. The van der Waals surface area contributed by atoms with E-state index in [9.17, 15) is 13.5 Å². The summed E-state index contributed by atoms with van der Waals surface area (Å²) in [6.07, 6.45) is 4.61. The third kappa shape index (κ3) is 6.44. The first kappa shape index (κ1) is 26.3. The van der Waals surface area contributed by atoms with Gasteiger partial charge in [0.2, 0.25) is 10.0 Å². The summed E-state index contributed by atoms with van der Waals surface area (Å²) in [4.78, 5) is 9.23. The van der Waals surface area contributed by atoms with Gasteiger partial charge in [-0.1, -0.05) is 37.5 Å². The Bertz CT molecular complexity index is 1200. The van der Waals surface area contributed by atoms with Gasteiger partial charge in [0.1, 0.15) is 5.75 Å². The van der Waals surface area contributed by atoms with E-state index in [1.807, 2.05) is 30.3 Å². The molecule has 4 rings (SSSR count). The van der Waals surface area contributed by atoms with Gasteiger partial charge in [-0.25, -0.2) is 18.4 Å². The first-order valence-electron chi connectivity index (χ1n) is 10.8. The van der Waals surface area contributed by atoms with Crippen molar-refractivity contribution in [1.82, 2.24) is 9.97 Å². The van der Waals surface area contributed by atoms with Crippen molar-refractivity contribution in [3.8, 4) is 5.75 Å². The minimum Gasteiger partial charge on any atom is -0.497 e. The number of fused-ring (bicyclic) bond motifs is 1. The van der Waals surface area contributed by atoms with E-state index in [0.29, 0.717) is 47.6 Å². The van der Waals surface area contributed by atoms with Crippen LogP contribution in [0.15, 0.2) is 42.5 Å². The molecule has 0 aliphatic heterocycles. The Hall–Kier alpha value is -1.27. The minimum atomic E-state index is -3.61. The number of aromatic nitrogens is 2. The van der Waals surface area contributed by atoms with Crippen molar-refractivity contribution in [3.63, 3.8) is 0 Å². The van der Waals surface area contributed by atoms with Crippen LogP contribution in [0.5, 0.6) is 5.75 Å². The van der Waals surface area contributed by atoms with Gasteiger partial charge in [-0.3, -0.25) is 4.72 Å². The maximum absolute atomic E-state index is 13.1. The molecule has 1 radical (unpaired) electrons. The first-order chi connectivity index (χ1) is 15.5. The molecule has 3 aromatic rings. The minimum absolute atomic E-state index is 0. The Morgan fingerprint density at radius 3 is 2.33 bits per heavy atom. The van der Waals surface area contributed by atoms with Crippen molar-refractivity contribution in [1.29, 1.82) is 0 Å². The fourth-order valence-corrected chi connectivity index (χ4v) is 5.55. The molecule has 33 heavy (non-hydrogen) atoms. The second-order valence-electron chi connectivity index (χ2n) is 7.94. The molecule has 2 aromatic carbocycles. The number of aliphatic hydroxyl groups excluding tert-OH is 1. The predicted molar refractivity (Wildman–Crippen MR) is 132 cm³/mol. The Balaban J connectivity index is 0.00000306. The molecule has 8 nitrogen and oxygen atoms in total. The molecule has 0 bridgehead atoms. The fourth-order valence-electron chi connectivity index (χ4n) is 4.02. The number of rotatable bonds is 8. The zero-order chi connectivity index (χ0) is 22.6. The van der Waals surface area contributed by atoms with Crippen molar-refractivity contribution in [2.45, 2.75) is 43.8 Å². The largest absolute Gasteiger partial charge is 0.497 e. The Morgan fingerprint density at radius 1 is 1.03 bits per heavy atom. The zero-order valence-corrected chi connectivity index (χ0v) is 23.0. The van der Waals surface area contributed by atoms with Crippen LogP contribution >= 0.6 is 0 Å². The Kier molecular flexibility index (Phi) is 9.51. The molecular weight excluding hydrogens is 467 g/mol. The number of para-hydroxylation sites is 2. The van der Waals surface area contributed by atoms with Crippen molar-refractivity contribution in [3.05, 3.63) is 48.0 Å². The van der Waals surface area contributed by atoms with E-state index in [0.717, 1.165) is 24.8 Å². The molecule has 10 heteroatoms. The average Bonchev–Trinajstić information content (AvgIpc) is 2.81. The van der Waals surface area contributed by atoms with Crippen LogP contribution < -0.4 is 14.8 Å². The van der Waals surface area contributed by atoms with Gasteiger partial charge < -0.3 is 15.2 Å². The molecule has 0 unspecified atom stereocenters. The molecule has 1 saturated carbocycles. The molecule has 171 valence electrons. The van der Waals surface area contributed by atoms with Crippen LogP contribution in [0.3, 0.4) is 0 Å². The van der Waals surface area contributed by atoms with Crippen molar-refractivity contribution < 1.29 is 18.3 Å². The topological polar surface area (TPSA) is 113 Å². The quantitative estimate of drug-likeness (QED) is 0.409. The van der Waals surface area contributed by atoms with Gasteiger partial charge in [-0.15, -0.1) is 0 Å². The van der Waals surface area contributed by atoms with Crippen molar-refractivity contribution >= 4 is 89.8 Å². The number of sulfonamides is 1. The number of nitrogens with one attached hydrogen (secondary N) is 2. The molecule has 1 aliphatic carbocycles. The van der Waals surface area contributed by atoms with E-state index < -0.39 is 15.3 Å². The van der Waals surface area contributed by atoms with E-state index in [1.54, 1.807) is 19.2 Å². The summed E-state index contributed by atoms with van der Waals surface area (Å²) in [5.41, 5.74) is 2.76. The number of anilines is 3. The molecule has 0 spiro atoms. The monoisotopic (exact) mass is 495 g/mol. The van der Waals surface area contributed by atoms with Gasteiger partial charge in [-0.2, -0.15) is 0 Å². The number of benzene rings is 2. The maximum Gasteiger partial charge on any atom is 0.236 e. The van der Waals surface area contributed by atoms with Crippen molar-refractivity contribution in [2.24, 2.45) is 0 Å². The first-order valence-corrected chi connectivity index (χ1v) is 12.4. The van der Waals surface area contributed by atoms with E-state index in [1.165, 1.54) is 0 Å². The summed E-state index contributed by atoms with van der Waals surface area (Å²) in [5.74, 6) is 1.09. The summed E-state index contributed by atoms with van der Waals surface area (Å²) in [5, 5.41) is 12.2. The second-order valence-corrected chi connectivity index (χ2v) is 9.90. The summed E-state index contributed by atoms with van der Waals surface area (Å²) in [6.45, 7) is -0.0222. The van der Waals surface area contributed by atoms with Crippen LogP contribution in [0.1, 0.15) is 37.7 Å². The maximum atomic E-state index is 13.1. The van der Waals surface area contributed by atoms with Crippen LogP contribution in [-0.2, 0) is 16.4 Å². The van der Waals surface area contributed by atoms with E-state index in [-0.39, 0.29) is 63.8 Å². The van der Waals surface area contributed by atoms with Crippen LogP contribution in [0, 0.1) is 0 Å². The molecule has 3 N–H and O–H groups in total. The van der Waals surface area contributed by atoms with Gasteiger partial charge >= 0.3 is 0 Å². The number of nitrogens with zero attached hydrogens (tertiary/aromatic N) is 2. The predicted octanol–water partition coefficient (Wildman–Crippen LogP) is 3.61. The van der Waals surface area contributed by atoms with Gasteiger partial charge in [0.25, 0.3) is 0 Å². The SMILES string of the molecule is COc1ccc(CCO)c(Nc2nc3ccccc3nc2NS(=O)(=O)C2CCCCC2)c1.[K]. The number of hydrogen-bond donors (Lipinski definition) is 3. The van der Waals surface area contributed by atoms with Crippen LogP contribution in [0.25, 0.3) is 11.0 Å². The van der Waals surface area contributed by atoms with Crippen LogP contribution in [-0.4, -0.2) is 93.8 Å². The normalized spacial score (nSPS) is 14.5. The number of aliphatic hydroxyl groups is 1. The van der Waals surface area contributed by atoms with E-state index >= 15 is 0 Å². The van der Waals surface area contributed by atoms with Crippen LogP contribution in [0.4, 0.5) is 17.3 Å².